The lowest BCUT2D eigenvalue weighted by Gasteiger charge is -1.98. The summed E-state index contributed by atoms with van der Waals surface area (Å²) in [5.74, 6) is -1.14. The molecule has 94 valence electrons. The zero-order chi connectivity index (χ0) is 13.8. The second-order valence-corrected chi connectivity index (χ2v) is 5.08. The van der Waals surface area contributed by atoms with Crippen molar-refractivity contribution in [2.75, 3.05) is 0 Å². The molecule has 0 spiro atoms. The van der Waals surface area contributed by atoms with Gasteiger partial charge in [0.25, 0.3) is 0 Å². The fourth-order valence-corrected chi connectivity index (χ4v) is 2.14. The van der Waals surface area contributed by atoms with Crippen LogP contribution in [-0.2, 0) is 0 Å². The lowest BCUT2D eigenvalue weighted by molar-refractivity contribution is 0.0690. The van der Waals surface area contributed by atoms with E-state index in [1.165, 1.54) is 29.7 Å². The number of halogens is 1. The van der Waals surface area contributed by atoms with Crippen molar-refractivity contribution in [3.63, 3.8) is 0 Å². The molecule has 0 amide bonds. The van der Waals surface area contributed by atoms with E-state index in [1.807, 2.05) is 6.07 Å². The molecular formula is C12H6ClN3O2S. The molecule has 0 saturated heterocycles. The first-order valence-electron chi connectivity index (χ1n) is 5.04. The summed E-state index contributed by atoms with van der Waals surface area (Å²) in [5, 5.41) is 18.5. The number of aromatic nitrogens is 2. The molecule has 0 atom stereocenters. The Morgan fingerprint density at radius 1 is 1.47 bits per heavy atom. The van der Waals surface area contributed by atoms with E-state index in [4.69, 9.17) is 22.0 Å². The Kier molecular flexibility index (Phi) is 3.90. The summed E-state index contributed by atoms with van der Waals surface area (Å²) in [6.45, 7) is 0. The van der Waals surface area contributed by atoms with Gasteiger partial charge in [0.2, 0.25) is 0 Å². The molecule has 2 aromatic rings. The van der Waals surface area contributed by atoms with Gasteiger partial charge in [-0.3, -0.25) is 0 Å². The van der Waals surface area contributed by atoms with Gasteiger partial charge in [-0.2, -0.15) is 5.26 Å². The van der Waals surface area contributed by atoms with Gasteiger partial charge in [-0.1, -0.05) is 11.6 Å². The highest BCUT2D eigenvalue weighted by atomic mass is 35.5. The highest BCUT2D eigenvalue weighted by molar-refractivity contribution is 7.16. The maximum Gasteiger partial charge on any atom is 0.354 e. The smallest absolute Gasteiger partial charge is 0.354 e. The molecule has 0 fully saturated rings. The van der Waals surface area contributed by atoms with Crippen LogP contribution in [0.3, 0.4) is 0 Å². The molecule has 0 aliphatic heterocycles. The van der Waals surface area contributed by atoms with Crippen LogP contribution in [0, 0.1) is 11.3 Å². The molecule has 2 rings (SSSR count). The summed E-state index contributed by atoms with van der Waals surface area (Å²) in [5.41, 5.74) is 0.466. The SMILES string of the molecule is N#Cc1ccc(C(=O)O)nc1/C=C/c1ncc(Cl)s1. The Bertz CT molecular complexity index is 703. The number of thiazole rings is 1. The van der Waals surface area contributed by atoms with E-state index in [0.717, 1.165) is 0 Å². The molecule has 19 heavy (non-hydrogen) atoms. The van der Waals surface area contributed by atoms with E-state index in [0.29, 0.717) is 14.9 Å². The van der Waals surface area contributed by atoms with Gasteiger partial charge in [0.15, 0.2) is 0 Å². The molecule has 0 radical (unpaired) electrons. The fourth-order valence-electron chi connectivity index (χ4n) is 1.31. The minimum Gasteiger partial charge on any atom is -0.477 e. The van der Waals surface area contributed by atoms with Crippen molar-refractivity contribution in [2.45, 2.75) is 0 Å². The van der Waals surface area contributed by atoms with Gasteiger partial charge in [0, 0.05) is 0 Å². The maximum absolute atomic E-state index is 10.8. The third kappa shape index (κ3) is 3.16. The summed E-state index contributed by atoms with van der Waals surface area (Å²) in [7, 11) is 0. The minimum absolute atomic E-state index is 0.115. The summed E-state index contributed by atoms with van der Waals surface area (Å²) in [6, 6.07) is 4.67. The molecule has 0 unspecified atom stereocenters. The van der Waals surface area contributed by atoms with E-state index >= 15 is 0 Å². The molecule has 0 aromatic carbocycles. The van der Waals surface area contributed by atoms with Crippen molar-refractivity contribution in [3.8, 4) is 6.07 Å². The lowest BCUT2D eigenvalue weighted by Crippen LogP contribution is -2.02. The number of nitrogens with zero attached hydrogens (tertiary/aromatic N) is 3. The zero-order valence-corrected chi connectivity index (χ0v) is 10.9. The highest BCUT2D eigenvalue weighted by Crippen LogP contribution is 2.20. The van der Waals surface area contributed by atoms with Crippen molar-refractivity contribution in [3.05, 3.63) is 44.6 Å². The van der Waals surface area contributed by atoms with E-state index in [1.54, 1.807) is 12.2 Å². The quantitative estimate of drug-likeness (QED) is 0.939. The van der Waals surface area contributed by atoms with E-state index in [2.05, 4.69) is 9.97 Å². The Morgan fingerprint density at radius 2 is 2.26 bits per heavy atom. The second-order valence-electron chi connectivity index (χ2n) is 3.38. The van der Waals surface area contributed by atoms with Gasteiger partial charge in [-0.05, 0) is 24.3 Å². The first kappa shape index (κ1) is 13.2. The first-order chi connectivity index (χ1) is 9.10. The van der Waals surface area contributed by atoms with Crippen LogP contribution in [-0.4, -0.2) is 21.0 Å². The molecule has 2 heterocycles. The monoisotopic (exact) mass is 291 g/mol. The van der Waals surface area contributed by atoms with Gasteiger partial charge in [-0.15, -0.1) is 11.3 Å². The van der Waals surface area contributed by atoms with Crippen molar-refractivity contribution in [2.24, 2.45) is 0 Å². The van der Waals surface area contributed by atoms with Gasteiger partial charge >= 0.3 is 5.97 Å². The van der Waals surface area contributed by atoms with Crippen LogP contribution in [0.4, 0.5) is 0 Å². The predicted octanol–water partition coefficient (Wildman–Crippen LogP) is 2.93. The van der Waals surface area contributed by atoms with Crippen LogP contribution in [0.15, 0.2) is 18.3 Å². The summed E-state index contributed by atoms with van der Waals surface area (Å²) >= 11 is 7.02. The maximum atomic E-state index is 10.8. The highest BCUT2D eigenvalue weighted by Gasteiger charge is 2.08. The molecule has 0 bridgehead atoms. The number of carboxylic acids is 1. The normalized spacial score (nSPS) is 10.5. The topological polar surface area (TPSA) is 86.9 Å². The van der Waals surface area contributed by atoms with E-state index in [9.17, 15) is 4.79 Å². The minimum atomic E-state index is -1.14. The molecule has 0 aliphatic rings. The van der Waals surface area contributed by atoms with Gasteiger partial charge < -0.3 is 5.11 Å². The van der Waals surface area contributed by atoms with E-state index < -0.39 is 5.97 Å². The van der Waals surface area contributed by atoms with Crippen LogP contribution in [0.5, 0.6) is 0 Å². The third-order valence-electron chi connectivity index (χ3n) is 2.14. The average Bonchev–Trinajstić information content (AvgIpc) is 2.81. The Labute approximate surface area is 117 Å². The van der Waals surface area contributed by atoms with Gasteiger partial charge in [0.05, 0.1) is 17.5 Å². The number of rotatable bonds is 3. The lowest BCUT2D eigenvalue weighted by atomic mass is 10.2. The summed E-state index contributed by atoms with van der Waals surface area (Å²) in [6.07, 6.45) is 4.68. The number of carboxylic acid groups (broad SMARTS) is 1. The summed E-state index contributed by atoms with van der Waals surface area (Å²) < 4.78 is 0.549. The van der Waals surface area contributed by atoms with Crippen LogP contribution < -0.4 is 0 Å². The molecule has 7 heteroatoms. The molecular weight excluding hydrogens is 286 g/mol. The van der Waals surface area contributed by atoms with Crippen molar-refractivity contribution in [1.82, 2.24) is 9.97 Å². The van der Waals surface area contributed by atoms with Crippen molar-refractivity contribution >= 4 is 41.1 Å². The van der Waals surface area contributed by atoms with Crippen LogP contribution in [0.1, 0.15) is 26.8 Å². The van der Waals surface area contributed by atoms with Crippen LogP contribution in [0.25, 0.3) is 12.2 Å². The third-order valence-corrected chi connectivity index (χ3v) is 3.22. The van der Waals surface area contributed by atoms with Crippen LogP contribution >= 0.6 is 22.9 Å². The summed E-state index contributed by atoms with van der Waals surface area (Å²) in [4.78, 5) is 18.7. The number of carbonyl (C=O) groups is 1. The standard InChI is InChI=1S/C12H6ClN3O2S/c13-10-6-15-11(19-10)4-3-8-7(5-14)1-2-9(16-8)12(17)18/h1-4,6H,(H,17,18)/b4-3+. The number of pyridine rings is 1. The number of nitriles is 1. The Balaban J connectivity index is 2.38. The Hall–Kier alpha value is -2.23. The molecule has 0 saturated carbocycles. The average molecular weight is 292 g/mol. The number of aromatic carboxylic acids is 1. The zero-order valence-electron chi connectivity index (χ0n) is 9.37. The number of hydrogen-bond acceptors (Lipinski definition) is 5. The Morgan fingerprint density at radius 3 is 2.84 bits per heavy atom. The number of hydrogen-bond donors (Lipinski definition) is 1. The fraction of sp³-hybridized carbons (Fsp3) is 0. The van der Waals surface area contributed by atoms with Crippen molar-refractivity contribution < 1.29 is 9.90 Å². The first-order valence-corrected chi connectivity index (χ1v) is 6.23. The van der Waals surface area contributed by atoms with Gasteiger partial charge in [-0.25, -0.2) is 14.8 Å². The second kappa shape index (κ2) is 5.61. The molecule has 1 N–H and O–H groups in total. The van der Waals surface area contributed by atoms with Gasteiger partial charge in [0.1, 0.15) is 21.1 Å². The van der Waals surface area contributed by atoms with Crippen LogP contribution in [0.2, 0.25) is 4.34 Å². The largest absolute Gasteiger partial charge is 0.477 e. The van der Waals surface area contributed by atoms with E-state index in [-0.39, 0.29) is 11.4 Å². The molecule has 2 aromatic heterocycles. The van der Waals surface area contributed by atoms with Crippen molar-refractivity contribution in [1.29, 1.82) is 5.26 Å². The predicted molar refractivity (Wildman–Crippen MR) is 72.0 cm³/mol. The molecule has 0 aliphatic carbocycles. The molecule has 5 nitrogen and oxygen atoms in total.